The van der Waals surface area contributed by atoms with Crippen LogP contribution in [0.4, 0.5) is 0 Å². The zero-order valence-electron chi connectivity index (χ0n) is 7.99. The van der Waals surface area contributed by atoms with Crippen LogP contribution in [0, 0.1) is 11.3 Å². The molecule has 1 nitrogen and oxygen atoms in total. The van der Waals surface area contributed by atoms with Gasteiger partial charge in [0.05, 0.1) is 0 Å². The van der Waals surface area contributed by atoms with Gasteiger partial charge in [0.2, 0.25) is 0 Å². The number of nitrogens with one attached hydrogen (secondary N) is 1. The van der Waals surface area contributed by atoms with E-state index >= 15 is 0 Å². The second kappa shape index (κ2) is 3.93. The minimum atomic E-state index is 0.614. The summed E-state index contributed by atoms with van der Waals surface area (Å²) >= 11 is 3.34. The Labute approximate surface area is 83.7 Å². The maximum Gasteiger partial charge on any atom is 0.0265 e. The van der Waals surface area contributed by atoms with Crippen LogP contribution in [0.15, 0.2) is 11.1 Å². The van der Waals surface area contributed by atoms with Crippen LogP contribution in [0.2, 0.25) is 0 Å². The predicted molar refractivity (Wildman–Crippen MR) is 57.4 cm³/mol. The molecule has 0 unspecified atom stereocenters. The standard InChI is InChI=1S/C10H18BrN/c1-8(2)10(4-5-10)7-12-6-9(3)11/h8,12H,3-7H2,1-2H3. The number of hydrogen-bond donors (Lipinski definition) is 1. The maximum atomic E-state index is 3.79. The molecule has 2 heteroatoms. The van der Waals surface area contributed by atoms with E-state index in [9.17, 15) is 0 Å². The Bertz CT molecular complexity index is 171. The summed E-state index contributed by atoms with van der Waals surface area (Å²) < 4.78 is 1.04. The van der Waals surface area contributed by atoms with Crippen LogP contribution in [0.25, 0.3) is 0 Å². The third-order valence-corrected chi connectivity index (χ3v) is 3.19. The van der Waals surface area contributed by atoms with E-state index in [1.165, 1.54) is 12.8 Å². The highest BCUT2D eigenvalue weighted by atomic mass is 79.9. The fourth-order valence-corrected chi connectivity index (χ4v) is 1.76. The molecule has 1 N–H and O–H groups in total. The lowest BCUT2D eigenvalue weighted by molar-refractivity contribution is 0.343. The van der Waals surface area contributed by atoms with Crippen LogP contribution in [0.1, 0.15) is 26.7 Å². The van der Waals surface area contributed by atoms with Gasteiger partial charge in [0.25, 0.3) is 0 Å². The minimum Gasteiger partial charge on any atom is -0.312 e. The van der Waals surface area contributed by atoms with Crippen LogP contribution in [-0.2, 0) is 0 Å². The molecule has 12 heavy (non-hydrogen) atoms. The summed E-state index contributed by atoms with van der Waals surface area (Å²) in [5.41, 5.74) is 0.614. The Kier molecular flexibility index (Phi) is 3.36. The highest BCUT2D eigenvalue weighted by Crippen LogP contribution is 2.51. The number of hydrogen-bond acceptors (Lipinski definition) is 1. The zero-order valence-corrected chi connectivity index (χ0v) is 9.58. The lowest BCUT2D eigenvalue weighted by Crippen LogP contribution is -2.28. The second-order valence-electron chi connectivity index (χ2n) is 4.14. The zero-order chi connectivity index (χ0) is 9.19. The first-order valence-electron chi connectivity index (χ1n) is 4.61. The summed E-state index contributed by atoms with van der Waals surface area (Å²) in [6.07, 6.45) is 2.79. The van der Waals surface area contributed by atoms with Gasteiger partial charge >= 0.3 is 0 Å². The third-order valence-electron chi connectivity index (χ3n) is 2.91. The molecular weight excluding hydrogens is 214 g/mol. The van der Waals surface area contributed by atoms with E-state index in [0.29, 0.717) is 5.41 Å². The van der Waals surface area contributed by atoms with E-state index in [0.717, 1.165) is 23.5 Å². The summed E-state index contributed by atoms with van der Waals surface area (Å²) in [5, 5.41) is 3.42. The van der Waals surface area contributed by atoms with Gasteiger partial charge in [-0.15, -0.1) is 0 Å². The van der Waals surface area contributed by atoms with Crippen molar-refractivity contribution >= 4 is 15.9 Å². The lowest BCUT2D eigenvalue weighted by Gasteiger charge is -2.19. The largest absolute Gasteiger partial charge is 0.312 e. The summed E-state index contributed by atoms with van der Waals surface area (Å²) in [6, 6.07) is 0. The van der Waals surface area contributed by atoms with Crippen molar-refractivity contribution in [3.05, 3.63) is 11.1 Å². The SMILES string of the molecule is C=C(Br)CNCC1(C(C)C)CC1. The van der Waals surface area contributed by atoms with E-state index in [-0.39, 0.29) is 0 Å². The number of rotatable bonds is 5. The smallest absolute Gasteiger partial charge is 0.0265 e. The summed E-state index contributed by atoms with van der Waals surface area (Å²) in [7, 11) is 0. The van der Waals surface area contributed by atoms with Gasteiger partial charge in [-0.05, 0) is 24.2 Å². The molecule has 0 amide bonds. The van der Waals surface area contributed by atoms with Crippen LogP contribution >= 0.6 is 15.9 Å². The van der Waals surface area contributed by atoms with Gasteiger partial charge in [-0.25, -0.2) is 0 Å². The van der Waals surface area contributed by atoms with E-state index in [1.807, 2.05) is 0 Å². The molecular formula is C10H18BrN. The monoisotopic (exact) mass is 231 g/mol. The molecule has 0 aliphatic heterocycles. The lowest BCUT2D eigenvalue weighted by atomic mass is 9.92. The van der Waals surface area contributed by atoms with Gasteiger partial charge < -0.3 is 5.32 Å². The van der Waals surface area contributed by atoms with Crippen molar-refractivity contribution in [3.63, 3.8) is 0 Å². The third kappa shape index (κ3) is 2.60. The van der Waals surface area contributed by atoms with Gasteiger partial charge in [-0.2, -0.15) is 0 Å². The fourth-order valence-electron chi connectivity index (χ4n) is 1.57. The Hall–Kier alpha value is 0.180. The van der Waals surface area contributed by atoms with Crippen molar-refractivity contribution in [2.75, 3.05) is 13.1 Å². The first-order chi connectivity index (χ1) is 5.57. The van der Waals surface area contributed by atoms with E-state index < -0.39 is 0 Å². The van der Waals surface area contributed by atoms with Crippen LogP contribution in [-0.4, -0.2) is 13.1 Å². The topological polar surface area (TPSA) is 12.0 Å². The van der Waals surface area contributed by atoms with Crippen LogP contribution in [0.5, 0.6) is 0 Å². The van der Waals surface area contributed by atoms with Gasteiger partial charge in [-0.1, -0.05) is 36.4 Å². The first-order valence-corrected chi connectivity index (χ1v) is 5.40. The van der Waals surface area contributed by atoms with E-state index in [1.54, 1.807) is 0 Å². The molecule has 1 saturated carbocycles. The van der Waals surface area contributed by atoms with Crippen molar-refractivity contribution in [2.45, 2.75) is 26.7 Å². The van der Waals surface area contributed by atoms with Gasteiger partial charge in [0.1, 0.15) is 0 Å². The molecule has 0 aromatic carbocycles. The highest BCUT2D eigenvalue weighted by molar-refractivity contribution is 9.11. The predicted octanol–water partition coefficient (Wildman–Crippen LogP) is 2.92. The summed E-state index contributed by atoms with van der Waals surface area (Å²) in [5.74, 6) is 0.814. The second-order valence-corrected chi connectivity index (χ2v) is 5.26. The van der Waals surface area contributed by atoms with Crippen LogP contribution < -0.4 is 5.32 Å². The Morgan fingerprint density at radius 1 is 1.58 bits per heavy atom. The van der Waals surface area contributed by atoms with E-state index in [4.69, 9.17) is 0 Å². The molecule has 1 aliphatic carbocycles. The van der Waals surface area contributed by atoms with Crippen molar-refractivity contribution in [2.24, 2.45) is 11.3 Å². The Morgan fingerprint density at radius 3 is 2.50 bits per heavy atom. The first kappa shape index (κ1) is 10.3. The molecule has 0 atom stereocenters. The molecule has 70 valence electrons. The summed E-state index contributed by atoms with van der Waals surface area (Å²) in [4.78, 5) is 0. The van der Waals surface area contributed by atoms with Crippen molar-refractivity contribution in [3.8, 4) is 0 Å². The van der Waals surface area contributed by atoms with Gasteiger partial charge in [-0.3, -0.25) is 0 Å². The normalized spacial score (nSPS) is 19.7. The highest BCUT2D eigenvalue weighted by Gasteiger charge is 2.44. The Balaban J connectivity index is 2.18. The van der Waals surface area contributed by atoms with Crippen molar-refractivity contribution in [1.82, 2.24) is 5.32 Å². The van der Waals surface area contributed by atoms with E-state index in [2.05, 4.69) is 41.7 Å². The molecule has 0 aromatic rings. The van der Waals surface area contributed by atoms with Gasteiger partial charge in [0.15, 0.2) is 0 Å². The average molecular weight is 232 g/mol. The molecule has 0 aromatic heterocycles. The average Bonchev–Trinajstić information content (AvgIpc) is 2.68. The quantitative estimate of drug-likeness (QED) is 0.768. The molecule has 0 heterocycles. The Morgan fingerprint density at radius 2 is 2.17 bits per heavy atom. The fraction of sp³-hybridized carbons (Fsp3) is 0.800. The molecule has 1 rings (SSSR count). The molecule has 0 saturated heterocycles. The number of halogens is 1. The van der Waals surface area contributed by atoms with Crippen LogP contribution in [0.3, 0.4) is 0 Å². The summed E-state index contributed by atoms with van der Waals surface area (Å²) in [6.45, 7) is 10.5. The minimum absolute atomic E-state index is 0.614. The molecule has 0 bridgehead atoms. The molecule has 1 aliphatic rings. The van der Waals surface area contributed by atoms with Crippen molar-refractivity contribution < 1.29 is 0 Å². The molecule has 0 spiro atoms. The molecule has 1 fully saturated rings. The van der Waals surface area contributed by atoms with Crippen molar-refractivity contribution in [1.29, 1.82) is 0 Å². The molecule has 0 radical (unpaired) electrons. The van der Waals surface area contributed by atoms with Gasteiger partial charge in [0, 0.05) is 17.6 Å². The maximum absolute atomic E-state index is 3.79.